The van der Waals surface area contributed by atoms with Gasteiger partial charge in [-0.1, -0.05) is 13.8 Å². The van der Waals surface area contributed by atoms with Gasteiger partial charge < -0.3 is 15.2 Å². The molecule has 1 unspecified atom stereocenters. The van der Waals surface area contributed by atoms with E-state index in [9.17, 15) is 4.79 Å². The molecule has 19 heavy (non-hydrogen) atoms. The molecule has 1 heterocycles. The molecule has 1 aromatic rings. The van der Waals surface area contributed by atoms with E-state index >= 15 is 0 Å². The predicted molar refractivity (Wildman–Crippen MR) is 77.3 cm³/mol. The van der Waals surface area contributed by atoms with E-state index < -0.39 is 0 Å². The molecule has 2 N–H and O–H groups in total. The van der Waals surface area contributed by atoms with Crippen LogP contribution in [0.4, 0.5) is 5.82 Å². The first-order chi connectivity index (χ1) is 9.04. The van der Waals surface area contributed by atoms with Gasteiger partial charge in [-0.15, -0.1) is 0 Å². The third-order valence-electron chi connectivity index (χ3n) is 3.70. The molecule has 0 amide bonds. The molecule has 1 aliphatic rings. The molecular weight excluding hydrogens is 240 g/mol. The Morgan fingerprint density at radius 3 is 2.74 bits per heavy atom. The van der Waals surface area contributed by atoms with Crippen LogP contribution in [0.5, 0.6) is 0 Å². The van der Waals surface area contributed by atoms with E-state index in [0.717, 1.165) is 6.54 Å². The van der Waals surface area contributed by atoms with Crippen LogP contribution in [0.1, 0.15) is 26.7 Å². The number of hydrogen-bond acceptors (Lipinski definition) is 4. The van der Waals surface area contributed by atoms with Crippen molar-refractivity contribution in [2.75, 3.05) is 18.5 Å². The second-order valence-corrected chi connectivity index (χ2v) is 5.85. The normalized spacial score (nSPS) is 16.7. The third-order valence-corrected chi connectivity index (χ3v) is 3.70. The van der Waals surface area contributed by atoms with E-state index in [2.05, 4.69) is 18.8 Å². The quantitative estimate of drug-likeness (QED) is 0.835. The molecule has 0 spiro atoms. The number of anilines is 1. The van der Waals surface area contributed by atoms with Gasteiger partial charge in [0.1, 0.15) is 0 Å². The van der Waals surface area contributed by atoms with E-state index in [1.165, 1.54) is 12.8 Å². The Kier molecular flexibility index (Phi) is 4.24. The summed E-state index contributed by atoms with van der Waals surface area (Å²) in [6, 6.07) is 0.232. The van der Waals surface area contributed by atoms with Crippen molar-refractivity contribution in [2.45, 2.75) is 39.3 Å². The molecule has 2 rings (SSSR count). The molecule has 1 aromatic heterocycles. The summed E-state index contributed by atoms with van der Waals surface area (Å²) in [4.78, 5) is 18.7. The predicted octanol–water partition coefficient (Wildman–Crippen LogP) is 1.07. The summed E-state index contributed by atoms with van der Waals surface area (Å²) in [7, 11) is 1.93. The fraction of sp³-hybridized carbons (Fsp3) is 0.714. The average Bonchev–Trinajstić information content (AvgIpc) is 3.16. The van der Waals surface area contributed by atoms with E-state index in [1.54, 1.807) is 17.0 Å². The van der Waals surface area contributed by atoms with Crippen LogP contribution in [-0.4, -0.2) is 29.2 Å². The van der Waals surface area contributed by atoms with Crippen molar-refractivity contribution in [3.05, 3.63) is 22.7 Å². The maximum atomic E-state index is 12.4. The highest BCUT2D eigenvalue weighted by molar-refractivity contribution is 5.37. The summed E-state index contributed by atoms with van der Waals surface area (Å²) in [5.74, 6) is 1.58. The Morgan fingerprint density at radius 1 is 1.53 bits per heavy atom. The van der Waals surface area contributed by atoms with Crippen LogP contribution in [-0.2, 0) is 6.54 Å². The van der Waals surface area contributed by atoms with Gasteiger partial charge in [0, 0.05) is 38.6 Å². The Balaban J connectivity index is 2.26. The summed E-state index contributed by atoms with van der Waals surface area (Å²) in [5.41, 5.74) is 5.83. The van der Waals surface area contributed by atoms with E-state index in [0.29, 0.717) is 24.2 Å². The van der Waals surface area contributed by atoms with E-state index in [4.69, 9.17) is 5.73 Å². The van der Waals surface area contributed by atoms with Crippen LogP contribution in [0, 0.1) is 11.8 Å². The first kappa shape index (κ1) is 14.1. The summed E-state index contributed by atoms with van der Waals surface area (Å²) in [6.07, 6.45) is 5.88. The summed E-state index contributed by atoms with van der Waals surface area (Å²) < 4.78 is 1.74. The first-order valence-corrected chi connectivity index (χ1v) is 7.03. The highest BCUT2D eigenvalue weighted by atomic mass is 16.1. The van der Waals surface area contributed by atoms with Gasteiger partial charge in [0.2, 0.25) is 0 Å². The fourth-order valence-electron chi connectivity index (χ4n) is 2.52. The van der Waals surface area contributed by atoms with Crippen molar-refractivity contribution in [2.24, 2.45) is 17.6 Å². The molecule has 5 nitrogen and oxygen atoms in total. The molecular formula is C14H24N4O. The average molecular weight is 264 g/mol. The lowest BCUT2D eigenvalue weighted by atomic mass is 10.1. The smallest absolute Gasteiger partial charge is 0.293 e. The molecule has 1 atom stereocenters. The molecule has 106 valence electrons. The van der Waals surface area contributed by atoms with Crippen molar-refractivity contribution in [3.63, 3.8) is 0 Å². The lowest BCUT2D eigenvalue weighted by Gasteiger charge is -2.27. The minimum absolute atomic E-state index is 0.0159. The SMILES string of the molecule is CC(C)Cn1ccnc(N(C)C(CN)C2CC2)c1=O. The molecule has 5 heteroatoms. The van der Waals surface area contributed by atoms with Gasteiger partial charge in [-0.2, -0.15) is 0 Å². The van der Waals surface area contributed by atoms with Gasteiger partial charge in [-0.3, -0.25) is 4.79 Å². The highest BCUT2D eigenvalue weighted by Gasteiger charge is 2.34. The van der Waals surface area contributed by atoms with Crippen molar-refractivity contribution in [1.82, 2.24) is 9.55 Å². The minimum Gasteiger partial charge on any atom is -0.351 e. The lowest BCUT2D eigenvalue weighted by molar-refractivity contribution is 0.503. The topological polar surface area (TPSA) is 64.2 Å². The van der Waals surface area contributed by atoms with Crippen molar-refractivity contribution >= 4 is 5.82 Å². The van der Waals surface area contributed by atoms with Gasteiger partial charge in [-0.25, -0.2) is 4.98 Å². The molecule has 0 bridgehead atoms. The van der Waals surface area contributed by atoms with Crippen molar-refractivity contribution in [1.29, 1.82) is 0 Å². The van der Waals surface area contributed by atoms with Crippen LogP contribution >= 0.6 is 0 Å². The van der Waals surface area contributed by atoms with Crippen LogP contribution in [0.25, 0.3) is 0 Å². The Hall–Kier alpha value is -1.36. The van der Waals surface area contributed by atoms with Gasteiger partial charge in [0.25, 0.3) is 5.56 Å². The number of nitrogens with two attached hydrogens (primary N) is 1. The second-order valence-electron chi connectivity index (χ2n) is 5.85. The fourth-order valence-corrected chi connectivity index (χ4v) is 2.52. The number of aromatic nitrogens is 2. The monoisotopic (exact) mass is 264 g/mol. The Morgan fingerprint density at radius 2 is 2.21 bits per heavy atom. The van der Waals surface area contributed by atoms with Crippen LogP contribution < -0.4 is 16.2 Å². The van der Waals surface area contributed by atoms with Crippen LogP contribution in [0.2, 0.25) is 0 Å². The zero-order chi connectivity index (χ0) is 14.0. The van der Waals surface area contributed by atoms with Gasteiger partial charge >= 0.3 is 0 Å². The van der Waals surface area contributed by atoms with Crippen molar-refractivity contribution in [3.8, 4) is 0 Å². The Labute approximate surface area is 114 Å². The van der Waals surface area contributed by atoms with Gasteiger partial charge in [0.05, 0.1) is 0 Å². The maximum Gasteiger partial charge on any atom is 0.293 e. The summed E-state index contributed by atoms with van der Waals surface area (Å²) >= 11 is 0. The van der Waals surface area contributed by atoms with E-state index in [1.807, 2.05) is 11.9 Å². The largest absolute Gasteiger partial charge is 0.351 e. The molecule has 0 aliphatic heterocycles. The van der Waals surface area contributed by atoms with Crippen LogP contribution in [0.3, 0.4) is 0 Å². The zero-order valence-electron chi connectivity index (χ0n) is 12.0. The standard InChI is InChI=1S/C14H24N4O/c1-10(2)9-18-7-6-16-13(14(18)19)17(3)12(8-15)11-4-5-11/h6-7,10-12H,4-5,8-9,15H2,1-3H3. The molecule has 0 aromatic carbocycles. The molecule has 1 aliphatic carbocycles. The molecule has 0 radical (unpaired) electrons. The number of hydrogen-bond donors (Lipinski definition) is 1. The van der Waals surface area contributed by atoms with Crippen LogP contribution in [0.15, 0.2) is 17.2 Å². The molecule has 1 fully saturated rings. The summed E-state index contributed by atoms with van der Waals surface area (Å²) in [6.45, 7) is 5.49. The van der Waals surface area contributed by atoms with Gasteiger partial charge in [-0.05, 0) is 24.7 Å². The van der Waals surface area contributed by atoms with Crippen molar-refractivity contribution < 1.29 is 0 Å². The van der Waals surface area contributed by atoms with E-state index in [-0.39, 0.29) is 11.6 Å². The summed E-state index contributed by atoms with van der Waals surface area (Å²) in [5, 5.41) is 0. The number of nitrogens with zero attached hydrogens (tertiary/aromatic N) is 3. The zero-order valence-corrected chi connectivity index (χ0v) is 12.0. The van der Waals surface area contributed by atoms with Gasteiger partial charge in [0.15, 0.2) is 5.82 Å². The number of rotatable bonds is 6. The lowest BCUT2D eigenvalue weighted by Crippen LogP contribution is -2.43. The number of likely N-dealkylation sites (N-methyl/N-ethyl adjacent to an activating group) is 1. The second kappa shape index (κ2) is 5.74. The molecule has 1 saturated carbocycles. The highest BCUT2D eigenvalue weighted by Crippen LogP contribution is 2.35. The Bertz CT molecular complexity index is 479. The maximum absolute atomic E-state index is 12.4. The third kappa shape index (κ3) is 3.15. The minimum atomic E-state index is -0.0159. The molecule has 0 saturated heterocycles. The first-order valence-electron chi connectivity index (χ1n) is 7.03.